The molecule has 15 heteroatoms. The summed E-state index contributed by atoms with van der Waals surface area (Å²) in [4.78, 5) is 36.6. The summed E-state index contributed by atoms with van der Waals surface area (Å²) in [5.41, 5.74) is 1.26. The molecule has 2 fully saturated rings. The van der Waals surface area contributed by atoms with E-state index < -0.39 is 24.3 Å². The van der Waals surface area contributed by atoms with Gasteiger partial charge in [-0.3, -0.25) is 14.7 Å². The number of carbonyl (C=O) groups excluding carboxylic acids is 1. The van der Waals surface area contributed by atoms with Crippen molar-refractivity contribution in [3.05, 3.63) is 30.1 Å². The summed E-state index contributed by atoms with van der Waals surface area (Å²) >= 11 is 0. The SMILES string of the molecule is CC(C)CNC(=O)C1CC2CN(Cc3ccncc3)CC1O2.O=C(O)C(F)(F)F.O=C(O)C(F)(F)F. The summed E-state index contributed by atoms with van der Waals surface area (Å²) in [5, 5.41) is 17.3. The van der Waals surface area contributed by atoms with Gasteiger partial charge in [-0.1, -0.05) is 13.8 Å². The molecule has 1 aromatic heterocycles. The lowest BCUT2D eigenvalue weighted by atomic mass is 9.99. The second kappa shape index (κ2) is 13.4. The first-order valence-corrected chi connectivity index (χ1v) is 10.6. The maximum Gasteiger partial charge on any atom is 0.490 e. The quantitative estimate of drug-likeness (QED) is 0.495. The number of aliphatic carboxylic acids is 2. The largest absolute Gasteiger partial charge is 0.490 e. The molecular formula is C21H27F6N3O6. The lowest BCUT2D eigenvalue weighted by molar-refractivity contribution is -0.193. The number of hydrogen-bond acceptors (Lipinski definition) is 6. The lowest BCUT2D eigenvalue weighted by Crippen LogP contribution is -2.45. The van der Waals surface area contributed by atoms with Gasteiger partial charge in [0.05, 0.1) is 18.1 Å². The molecule has 204 valence electrons. The van der Waals surface area contributed by atoms with Gasteiger partial charge in [0.15, 0.2) is 0 Å². The Morgan fingerprint density at radius 2 is 1.56 bits per heavy atom. The van der Waals surface area contributed by atoms with E-state index in [2.05, 4.69) is 29.0 Å². The number of pyridine rings is 1. The van der Waals surface area contributed by atoms with Crippen molar-refractivity contribution in [2.75, 3.05) is 19.6 Å². The third-order valence-electron chi connectivity index (χ3n) is 4.89. The van der Waals surface area contributed by atoms with E-state index in [9.17, 15) is 31.1 Å². The predicted octanol–water partition coefficient (Wildman–Crippen LogP) is 2.71. The minimum atomic E-state index is -5.08. The fourth-order valence-electron chi connectivity index (χ4n) is 3.32. The summed E-state index contributed by atoms with van der Waals surface area (Å²) in [7, 11) is 0. The Balaban J connectivity index is 0.000000383. The van der Waals surface area contributed by atoms with Gasteiger partial charge in [0.2, 0.25) is 5.91 Å². The molecule has 3 N–H and O–H groups in total. The van der Waals surface area contributed by atoms with E-state index in [1.165, 1.54) is 5.56 Å². The van der Waals surface area contributed by atoms with Gasteiger partial charge < -0.3 is 20.3 Å². The first-order valence-electron chi connectivity index (χ1n) is 10.6. The number of carboxylic acids is 2. The second-order valence-electron chi connectivity index (χ2n) is 8.43. The van der Waals surface area contributed by atoms with Gasteiger partial charge >= 0.3 is 24.3 Å². The van der Waals surface area contributed by atoms with Crippen molar-refractivity contribution in [3.63, 3.8) is 0 Å². The van der Waals surface area contributed by atoms with Crippen LogP contribution < -0.4 is 5.32 Å². The fourth-order valence-corrected chi connectivity index (χ4v) is 3.32. The maximum absolute atomic E-state index is 12.3. The Kier molecular flexibility index (Phi) is 11.6. The van der Waals surface area contributed by atoms with E-state index >= 15 is 0 Å². The third-order valence-corrected chi connectivity index (χ3v) is 4.89. The molecule has 3 heterocycles. The Labute approximate surface area is 202 Å². The molecule has 0 aromatic carbocycles. The molecule has 0 aliphatic carbocycles. The second-order valence-corrected chi connectivity index (χ2v) is 8.43. The zero-order valence-electron chi connectivity index (χ0n) is 19.3. The molecule has 0 radical (unpaired) electrons. The number of amides is 1. The number of carboxylic acid groups (broad SMARTS) is 2. The fraction of sp³-hybridized carbons (Fsp3) is 0.619. The maximum atomic E-state index is 12.3. The lowest BCUT2D eigenvalue weighted by Gasteiger charge is -2.32. The molecule has 36 heavy (non-hydrogen) atoms. The van der Waals surface area contributed by atoms with Crippen molar-refractivity contribution in [2.45, 2.75) is 51.4 Å². The summed E-state index contributed by atoms with van der Waals surface area (Å²) in [6, 6.07) is 4.09. The molecule has 2 aliphatic heterocycles. The summed E-state index contributed by atoms with van der Waals surface area (Å²) in [6.45, 7) is 7.61. The topological polar surface area (TPSA) is 129 Å². The molecule has 9 nitrogen and oxygen atoms in total. The van der Waals surface area contributed by atoms with Gasteiger partial charge in [-0.2, -0.15) is 26.3 Å². The van der Waals surface area contributed by atoms with Crippen LogP contribution in [0, 0.1) is 11.8 Å². The minimum Gasteiger partial charge on any atom is -0.475 e. The van der Waals surface area contributed by atoms with Crippen LogP contribution in [0.4, 0.5) is 26.3 Å². The highest BCUT2D eigenvalue weighted by atomic mass is 19.4. The molecule has 2 aliphatic rings. The van der Waals surface area contributed by atoms with Gasteiger partial charge in [-0.25, -0.2) is 9.59 Å². The van der Waals surface area contributed by atoms with E-state index in [4.69, 9.17) is 24.5 Å². The monoisotopic (exact) mass is 531 g/mol. The molecule has 1 aromatic rings. The normalized spacial score (nSPS) is 21.5. The van der Waals surface area contributed by atoms with Crippen LogP contribution in [0.1, 0.15) is 25.8 Å². The number of nitrogens with one attached hydrogen (secondary N) is 1. The average molecular weight is 531 g/mol. The Hall–Kier alpha value is -2.94. The third kappa shape index (κ3) is 11.2. The molecule has 0 spiro atoms. The standard InChI is InChI=1S/C17H25N3O2.2C2HF3O2/c1-12(2)8-19-17(21)15-7-14-10-20(11-16(15)22-14)9-13-3-5-18-6-4-13;2*3-2(4,5)1(6)7/h3-6,12,14-16H,7-11H2,1-2H3,(H,19,21);2*(H,6,7). The van der Waals surface area contributed by atoms with E-state index in [-0.39, 0.29) is 24.0 Å². The van der Waals surface area contributed by atoms with Crippen molar-refractivity contribution < 1.29 is 55.7 Å². The highest BCUT2D eigenvalue weighted by Crippen LogP contribution is 2.32. The minimum absolute atomic E-state index is 0.00573. The van der Waals surface area contributed by atoms with Crippen LogP contribution in [-0.2, 0) is 25.7 Å². The zero-order valence-corrected chi connectivity index (χ0v) is 19.3. The van der Waals surface area contributed by atoms with E-state index in [0.29, 0.717) is 5.92 Å². The first kappa shape index (κ1) is 31.1. The number of ether oxygens (including phenoxy) is 1. The van der Waals surface area contributed by atoms with E-state index in [0.717, 1.165) is 32.6 Å². The van der Waals surface area contributed by atoms with Crippen LogP contribution in [0.15, 0.2) is 24.5 Å². The smallest absolute Gasteiger partial charge is 0.475 e. The summed E-state index contributed by atoms with van der Waals surface area (Å²) < 4.78 is 69.5. The highest BCUT2D eigenvalue weighted by Gasteiger charge is 2.44. The van der Waals surface area contributed by atoms with Crippen LogP contribution in [-0.4, -0.2) is 82.1 Å². The van der Waals surface area contributed by atoms with Crippen LogP contribution in [0.3, 0.4) is 0 Å². The van der Waals surface area contributed by atoms with Gasteiger partial charge in [0, 0.05) is 38.6 Å². The van der Waals surface area contributed by atoms with Gasteiger partial charge in [-0.05, 0) is 30.0 Å². The molecule has 3 rings (SSSR count). The van der Waals surface area contributed by atoms with Crippen molar-refractivity contribution in [1.29, 1.82) is 0 Å². The number of halogens is 6. The Morgan fingerprint density at radius 3 is 2.00 bits per heavy atom. The van der Waals surface area contributed by atoms with Gasteiger partial charge in [-0.15, -0.1) is 0 Å². The first-order chi connectivity index (χ1) is 16.5. The van der Waals surface area contributed by atoms with Crippen molar-refractivity contribution in [3.8, 4) is 0 Å². The molecule has 2 saturated heterocycles. The molecule has 1 amide bonds. The highest BCUT2D eigenvalue weighted by molar-refractivity contribution is 5.79. The number of nitrogens with zero attached hydrogens (tertiary/aromatic N) is 2. The zero-order chi connectivity index (χ0) is 27.7. The molecule has 3 unspecified atom stereocenters. The van der Waals surface area contributed by atoms with Crippen LogP contribution in [0.5, 0.6) is 0 Å². The van der Waals surface area contributed by atoms with Gasteiger partial charge in [0.25, 0.3) is 0 Å². The number of rotatable bonds is 5. The number of alkyl halides is 6. The van der Waals surface area contributed by atoms with Crippen molar-refractivity contribution in [1.82, 2.24) is 15.2 Å². The molecule has 3 atom stereocenters. The molecule has 2 bridgehead atoms. The Bertz CT molecular complexity index is 842. The van der Waals surface area contributed by atoms with Crippen molar-refractivity contribution in [2.24, 2.45) is 11.8 Å². The van der Waals surface area contributed by atoms with Crippen molar-refractivity contribution >= 4 is 17.8 Å². The van der Waals surface area contributed by atoms with Crippen LogP contribution in [0.2, 0.25) is 0 Å². The van der Waals surface area contributed by atoms with E-state index in [1.807, 2.05) is 24.5 Å². The number of fused-ring (bicyclic) bond motifs is 2. The molecular weight excluding hydrogens is 504 g/mol. The average Bonchev–Trinajstić information content (AvgIpc) is 3.06. The predicted molar refractivity (Wildman–Crippen MR) is 112 cm³/mol. The number of carbonyl (C=O) groups is 3. The number of hydrogen-bond donors (Lipinski definition) is 3. The number of aromatic nitrogens is 1. The summed E-state index contributed by atoms with van der Waals surface area (Å²) in [5.74, 6) is -4.87. The number of morpholine rings is 1. The van der Waals surface area contributed by atoms with E-state index in [1.54, 1.807) is 0 Å². The Morgan fingerprint density at radius 1 is 1.06 bits per heavy atom. The van der Waals surface area contributed by atoms with Gasteiger partial charge in [0.1, 0.15) is 0 Å². The summed E-state index contributed by atoms with van der Waals surface area (Å²) in [6.07, 6.45) is -5.44. The number of likely N-dealkylation sites (tertiary alicyclic amines) is 1. The van der Waals surface area contributed by atoms with Crippen LogP contribution >= 0.6 is 0 Å². The molecule has 0 saturated carbocycles. The van der Waals surface area contributed by atoms with Crippen LogP contribution in [0.25, 0.3) is 0 Å².